The Bertz CT molecular complexity index is 826. The minimum Gasteiger partial charge on any atom is -0.369 e. The first-order chi connectivity index (χ1) is 12.1. The van der Waals surface area contributed by atoms with E-state index in [2.05, 4.69) is 5.32 Å². The first-order valence-electron chi connectivity index (χ1n) is 8.44. The molecule has 130 valence electrons. The summed E-state index contributed by atoms with van der Waals surface area (Å²) in [5, 5.41) is 2.93. The number of aromatic nitrogens is 1. The van der Waals surface area contributed by atoms with Crippen molar-refractivity contribution in [1.82, 2.24) is 9.88 Å². The van der Waals surface area contributed by atoms with Gasteiger partial charge in [-0.25, -0.2) is 0 Å². The SMILES string of the molecule is NC(=O)C1CCCCC1NC(=O)c1ccc(-n2ccccc2=O)cc1. The quantitative estimate of drug-likeness (QED) is 0.886. The highest BCUT2D eigenvalue weighted by Crippen LogP contribution is 2.24. The number of amides is 2. The van der Waals surface area contributed by atoms with E-state index >= 15 is 0 Å². The second-order valence-electron chi connectivity index (χ2n) is 6.33. The molecule has 1 aromatic heterocycles. The van der Waals surface area contributed by atoms with Gasteiger partial charge in [0, 0.05) is 29.6 Å². The fraction of sp³-hybridized carbons (Fsp3) is 0.316. The molecule has 0 bridgehead atoms. The van der Waals surface area contributed by atoms with Gasteiger partial charge in [-0.15, -0.1) is 0 Å². The van der Waals surface area contributed by atoms with Crippen LogP contribution in [0.5, 0.6) is 0 Å². The average molecular weight is 339 g/mol. The van der Waals surface area contributed by atoms with E-state index < -0.39 is 0 Å². The normalized spacial score (nSPS) is 20.0. The zero-order valence-corrected chi connectivity index (χ0v) is 13.9. The summed E-state index contributed by atoms with van der Waals surface area (Å²) in [6.45, 7) is 0. The number of pyridine rings is 1. The van der Waals surface area contributed by atoms with Crippen LogP contribution in [0.3, 0.4) is 0 Å². The fourth-order valence-electron chi connectivity index (χ4n) is 3.31. The second kappa shape index (κ2) is 7.34. The number of nitrogens with two attached hydrogens (primary N) is 1. The maximum atomic E-state index is 12.5. The molecule has 25 heavy (non-hydrogen) atoms. The van der Waals surface area contributed by atoms with Crippen molar-refractivity contribution in [3.8, 4) is 5.69 Å². The number of carbonyl (C=O) groups is 2. The lowest BCUT2D eigenvalue weighted by Gasteiger charge is -2.30. The highest BCUT2D eigenvalue weighted by molar-refractivity contribution is 5.95. The Morgan fingerprint density at radius 2 is 1.76 bits per heavy atom. The Hall–Kier alpha value is -2.89. The maximum Gasteiger partial charge on any atom is 0.255 e. The van der Waals surface area contributed by atoms with E-state index in [1.165, 1.54) is 10.6 Å². The van der Waals surface area contributed by atoms with Crippen LogP contribution in [0.15, 0.2) is 53.5 Å². The largest absolute Gasteiger partial charge is 0.369 e. The first-order valence-corrected chi connectivity index (χ1v) is 8.44. The van der Waals surface area contributed by atoms with E-state index in [0.717, 1.165) is 25.7 Å². The highest BCUT2D eigenvalue weighted by Gasteiger charge is 2.30. The topological polar surface area (TPSA) is 94.2 Å². The van der Waals surface area contributed by atoms with Gasteiger partial charge in [-0.1, -0.05) is 18.9 Å². The van der Waals surface area contributed by atoms with E-state index in [0.29, 0.717) is 11.3 Å². The zero-order valence-electron chi connectivity index (χ0n) is 13.9. The zero-order chi connectivity index (χ0) is 17.8. The molecule has 2 amide bonds. The summed E-state index contributed by atoms with van der Waals surface area (Å²) in [6.07, 6.45) is 5.09. The van der Waals surface area contributed by atoms with Crippen LogP contribution in [0.2, 0.25) is 0 Å². The molecule has 3 rings (SSSR count). The van der Waals surface area contributed by atoms with Crippen molar-refractivity contribution < 1.29 is 9.59 Å². The van der Waals surface area contributed by atoms with Gasteiger partial charge in [-0.3, -0.25) is 19.0 Å². The molecule has 0 saturated heterocycles. The van der Waals surface area contributed by atoms with Crippen LogP contribution in [-0.2, 0) is 4.79 Å². The molecule has 1 aliphatic carbocycles. The molecule has 3 N–H and O–H groups in total. The fourth-order valence-corrected chi connectivity index (χ4v) is 3.31. The van der Waals surface area contributed by atoms with Gasteiger partial charge in [0.2, 0.25) is 5.91 Å². The third-order valence-corrected chi connectivity index (χ3v) is 4.68. The number of primary amides is 1. The molecule has 1 saturated carbocycles. The summed E-state index contributed by atoms with van der Waals surface area (Å²) in [4.78, 5) is 35.9. The lowest BCUT2D eigenvalue weighted by Crippen LogP contribution is -2.47. The Labute approximate surface area is 145 Å². The number of rotatable bonds is 4. The van der Waals surface area contributed by atoms with Gasteiger partial charge in [-0.05, 0) is 43.2 Å². The van der Waals surface area contributed by atoms with Crippen LogP contribution in [0.25, 0.3) is 5.69 Å². The molecular weight excluding hydrogens is 318 g/mol. The summed E-state index contributed by atoms with van der Waals surface area (Å²) in [5.74, 6) is -0.895. The number of hydrogen-bond acceptors (Lipinski definition) is 3. The molecule has 2 aromatic rings. The molecule has 1 aliphatic rings. The first kappa shape index (κ1) is 17.0. The van der Waals surface area contributed by atoms with Gasteiger partial charge in [0.1, 0.15) is 0 Å². The summed E-state index contributed by atoms with van der Waals surface area (Å²) in [5.41, 5.74) is 6.49. The van der Waals surface area contributed by atoms with Crippen LogP contribution < -0.4 is 16.6 Å². The molecule has 1 aromatic carbocycles. The third-order valence-electron chi connectivity index (χ3n) is 4.68. The van der Waals surface area contributed by atoms with Gasteiger partial charge in [0.15, 0.2) is 0 Å². The molecule has 0 spiro atoms. The van der Waals surface area contributed by atoms with Crippen molar-refractivity contribution in [1.29, 1.82) is 0 Å². The van der Waals surface area contributed by atoms with E-state index in [9.17, 15) is 14.4 Å². The molecular formula is C19H21N3O3. The summed E-state index contributed by atoms with van der Waals surface area (Å²) in [6, 6.07) is 11.5. The summed E-state index contributed by atoms with van der Waals surface area (Å²) >= 11 is 0. The molecule has 0 radical (unpaired) electrons. The van der Waals surface area contributed by atoms with Crippen molar-refractivity contribution >= 4 is 11.8 Å². The molecule has 6 heteroatoms. The standard InChI is InChI=1S/C19H21N3O3/c20-18(24)15-5-1-2-6-16(15)21-19(25)13-8-10-14(11-9-13)22-12-4-3-7-17(22)23/h3-4,7-12,15-16H,1-2,5-6H2,(H2,20,24)(H,21,25). The lowest BCUT2D eigenvalue weighted by atomic mass is 9.84. The van der Waals surface area contributed by atoms with Crippen LogP contribution in [0, 0.1) is 5.92 Å². The minimum atomic E-state index is -0.358. The van der Waals surface area contributed by atoms with Crippen LogP contribution >= 0.6 is 0 Å². The van der Waals surface area contributed by atoms with Crippen molar-refractivity contribution in [3.63, 3.8) is 0 Å². The van der Waals surface area contributed by atoms with E-state index in [1.807, 2.05) is 0 Å². The van der Waals surface area contributed by atoms with Crippen LogP contribution in [0.1, 0.15) is 36.0 Å². The smallest absolute Gasteiger partial charge is 0.255 e. The average Bonchev–Trinajstić information content (AvgIpc) is 2.62. The molecule has 0 aliphatic heterocycles. The van der Waals surface area contributed by atoms with Crippen molar-refractivity contribution in [3.05, 3.63) is 64.6 Å². The Kier molecular flexibility index (Phi) is 4.97. The third kappa shape index (κ3) is 3.79. The molecule has 1 fully saturated rings. The van der Waals surface area contributed by atoms with E-state index in [4.69, 9.17) is 5.73 Å². The van der Waals surface area contributed by atoms with Crippen molar-refractivity contribution in [2.75, 3.05) is 0 Å². The lowest BCUT2D eigenvalue weighted by molar-refractivity contribution is -0.123. The maximum absolute atomic E-state index is 12.5. The van der Waals surface area contributed by atoms with Gasteiger partial charge >= 0.3 is 0 Å². The number of carbonyl (C=O) groups excluding carboxylic acids is 2. The Balaban J connectivity index is 1.74. The molecule has 2 atom stereocenters. The van der Waals surface area contributed by atoms with E-state index in [-0.39, 0.29) is 29.3 Å². The Morgan fingerprint density at radius 1 is 1.04 bits per heavy atom. The number of hydrogen-bond donors (Lipinski definition) is 2. The summed E-state index contributed by atoms with van der Waals surface area (Å²) in [7, 11) is 0. The van der Waals surface area contributed by atoms with Crippen LogP contribution in [-0.4, -0.2) is 22.4 Å². The molecule has 2 unspecified atom stereocenters. The second-order valence-corrected chi connectivity index (χ2v) is 6.33. The van der Waals surface area contributed by atoms with Crippen molar-refractivity contribution in [2.24, 2.45) is 11.7 Å². The van der Waals surface area contributed by atoms with Gasteiger partial charge in [0.05, 0.1) is 5.92 Å². The van der Waals surface area contributed by atoms with Gasteiger partial charge in [0.25, 0.3) is 11.5 Å². The van der Waals surface area contributed by atoms with E-state index in [1.54, 1.807) is 42.6 Å². The predicted octanol–water partition coefficient (Wildman–Crippen LogP) is 1.61. The minimum absolute atomic E-state index is 0.133. The number of nitrogens with one attached hydrogen (secondary N) is 1. The van der Waals surface area contributed by atoms with Gasteiger partial charge in [-0.2, -0.15) is 0 Å². The number of benzene rings is 1. The predicted molar refractivity (Wildman–Crippen MR) is 94.4 cm³/mol. The van der Waals surface area contributed by atoms with Gasteiger partial charge < -0.3 is 11.1 Å². The molecule has 6 nitrogen and oxygen atoms in total. The Morgan fingerprint density at radius 3 is 2.44 bits per heavy atom. The van der Waals surface area contributed by atoms with Crippen molar-refractivity contribution in [2.45, 2.75) is 31.7 Å². The van der Waals surface area contributed by atoms with Crippen LogP contribution in [0.4, 0.5) is 0 Å². The number of nitrogens with zero attached hydrogens (tertiary/aromatic N) is 1. The molecule has 1 heterocycles. The monoisotopic (exact) mass is 339 g/mol. The highest BCUT2D eigenvalue weighted by atomic mass is 16.2. The summed E-state index contributed by atoms with van der Waals surface area (Å²) < 4.78 is 1.51.